The Balaban J connectivity index is 1.64. The van der Waals surface area contributed by atoms with Crippen molar-refractivity contribution in [2.24, 2.45) is 0 Å². The number of terminal acetylenes is 1. The fraction of sp³-hybridized carbons (Fsp3) is 0.208. The van der Waals surface area contributed by atoms with Gasteiger partial charge in [0.05, 0.1) is 12.7 Å². The van der Waals surface area contributed by atoms with Crippen LogP contribution in [0.3, 0.4) is 0 Å². The van der Waals surface area contributed by atoms with E-state index < -0.39 is 5.92 Å². The van der Waals surface area contributed by atoms with Gasteiger partial charge in [0.15, 0.2) is 16.7 Å². The second-order valence-corrected chi connectivity index (χ2v) is 8.66. The molecule has 2 aromatic carbocycles. The number of carbonyl (C=O) groups excluding carboxylic acids is 1. The van der Waals surface area contributed by atoms with E-state index in [1.165, 1.54) is 18.9 Å². The highest BCUT2D eigenvalue weighted by molar-refractivity contribution is 7.98. The van der Waals surface area contributed by atoms with Gasteiger partial charge in [-0.3, -0.25) is 9.59 Å². The van der Waals surface area contributed by atoms with Crippen molar-refractivity contribution < 1.29 is 14.3 Å². The van der Waals surface area contributed by atoms with E-state index in [0.717, 1.165) is 11.1 Å². The normalized spacial score (nSPS) is 14.7. The van der Waals surface area contributed by atoms with Crippen LogP contribution in [-0.4, -0.2) is 29.6 Å². The summed E-state index contributed by atoms with van der Waals surface area (Å²) in [5.41, 5.74) is 1.84. The molecule has 0 saturated carbocycles. The Morgan fingerprint density at radius 3 is 2.85 bits per heavy atom. The molecule has 2 N–H and O–H groups in total. The van der Waals surface area contributed by atoms with E-state index in [1.54, 1.807) is 24.3 Å². The zero-order valence-electron chi connectivity index (χ0n) is 17.7. The predicted octanol–water partition coefficient (Wildman–Crippen LogP) is 4.21. The summed E-state index contributed by atoms with van der Waals surface area (Å²) in [5, 5.41) is 3.79. The summed E-state index contributed by atoms with van der Waals surface area (Å²) in [6, 6.07) is 12.7. The molecule has 1 aliphatic heterocycles. The fourth-order valence-corrected chi connectivity index (χ4v) is 4.64. The van der Waals surface area contributed by atoms with Crippen LogP contribution < -0.4 is 20.3 Å². The van der Waals surface area contributed by atoms with Crippen LogP contribution in [0.25, 0.3) is 0 Å². The number of nitrogens with one attached hydrogen (secondary N) is 2. The summed E-state index contributed by atoms with van der Waals surface area (Å²) in [4.78, 5) is 32.8. The molecule has 4 rings (SSSR count). The summed E-state index contributed by atoms with van der Waals surface area (Å²) in [5.74, 6) is 3.49. The second kappa shape index (κ2) is 10.0. The first-order valence-corrected chi connectivity index (χ1v) is 11.4. The third-order valence-corrected chi connectivity index (χ3v) is 6.27. The third kappa shape index (κ3) is 5.16. The van der Waals surface area contributed by atoms with E-state index in [-0.39, 0.29) is 30.3 Å². The lowest BCUT2D eigenvalue weighted by Crippen LogP contribution is -2.31. The van der Waals surface area contributed by atoms with Crippen LogP contribution in [0.1, 0.15) is 29.0 Å². The van der Waals surface area contributed by atoms with Gasteiger partial charge in [0.2, 0.25) is 5.91 Å². The lowest BCUT2D eigenvalue weighted by molar-refractivity contribution is -0.116. The van der Waals surface area contributed by atoms with E-state index in [4.69, 9.17) is 27.5 Å². The van der Waals surface area contributed by atoms with Gasteiger partial charge < -0.3 is 19.8 Å². The molecule has 0 saturated heterocycles. The maximum Gasteiger partial charge on any atom is 0.257 e. The molecule has 0 fully saturated rings. The van der Waals surface area contributed by atoms with Crippen molar-refractivity contribution in [3.63, 3.8) is 0 Å². The number of nitrogens with zero attached hydrogens (tertiary/aromatic N) is 1. The lowest BCUT2D eigenvalue weighted by atomic mass is 9.86. The highest BCUT2D eigenvalue weighted by Gasteiger charge is 2.31. The number of hydrogen-bond donors (Lipinski definition) is 2. The molecule has 0 spiro atoms. The largest absolute Gasteiger partial charge is 0.493 e. The van der Waals surface area contributed by atoms with Crippen LogP contribution >= 0.6 is 23.4 Å². The van der Waals surface area contributed by atoms with Crippen molar-refractivity contribution >= 4 is 35.1 Å². The number of carbonyl (C=O) groups is 1. The number of rotatable bonds is 7. The molecule has 0 radical (unpaired) electrons. The molecule has 1 atom stereocenters. The molecule has 0 aliphatic carbocycles. The average Bonchev–Trinajstić information content (AvgIpc) is 2.80. The Hall–Kier alpha value is -3.41. The molecule has 33 heavy (non-hydrogen) atoms. The van der Waals surface area contributed by atoms with Crippen molar-refractivity contribution in [2.45, 2.75) is 23.2 Å². The highest BCUT2D eigenvalue weighted by Crippen LogP contribution is 2.38. The first-order valence-electron chi connectivity index (χ1n) is 10.0. The number of aromatic nitrogens is 2. The van der Waals surface area contributed by atoms with E-state index in [2.05, 4.69) is 21.2 Å². The summed E-state index contributed by atoms with van der Waals surface area (Å²) in [6.45, 7) is 0.101. The smallest absolute Gasteiger partial charge is 0.257 e. The van der Waals surface area contributed by atoms with E-state index >= 15 is 0 Å². The van der Waals surface area contributed by atoms with Crippen molar-refractivity contribution in [1.82, 2.24) is 9.97 Å². The quantitative estimate of drug-likeness (QED) is 0.298. The highest BCUT2D eigenvalue weighted by atomic mass is 35.5. The van der Waals surface area contributed by atoms with Gasteiger partial charge >= 0.3 is 0 Å². The Morgan fingerprint density at radius 1 is 1.24 bits per heavy atom. The predicted molar refractivity (Wildman–Crippen MR) is 128 cm³/mol. The van der Waals surface area contributed by atoms with Crippen LogP contribution in [0.2, 0.25) is 5.02 Å². The topological polar surface area (TPSA) is 93.3 Å². The van der Waals surface area contributed by atoms with Gasteiger partial charge in [-0.05, 0) is 35.4 Å². The van der Waals surface area contributed by atoms with Crippen molar-refractivity contribution in [1.29, 1.82) is 0 Å². The molecule has 0 bridgehead atoms. The van der Waals surface area contributed by atoms with Crippen LogP contribution in [0, 0.1) is 12.3 Å². The minimum atomic E-state index is -0.479. The van der Waals surface area contributed by atoms with E-state index in [1.807, 2.05) is 18.2 Å². The summed E-state index contributed by atoms with van der Waals surface area (Å²) in [7, 11) is 1.52. The van der Waals surface area contributed by atoms with Gasteiger partial charge in [0.1, 0.15) is 12.4 Å². The fourth-order valence-electron chi connectivity index (χ4n) is 3.62. The minimum absolute atomic E-state index is 0.101. The molecule has 3 aromatic rings. The maximum absolute atomic E-state index is 13.0. The maximum atomic E-state index is 13.0. The Morgan fingerprint density at radius 2 is 2.09 bits per heavy atom. The molecule has 168 valence electrons. The number of amides is 1. The van der Waals surface area contributed by atoms with Gasteiger partial charge in [-0.2, -0.15) is 0 Å². The number of halogens is 1. The monoisotopic (exact) mass is 481 g/mol. The molecule has 1 aromatic heterocycles. The number of methoxy groups -OCH3 is 1. The third-order valence-electron chi connectivity index (χ3n) is 5.09. The molecule has 7 nitrogen and oxygen atoms in total. The minimum Gasteiger partial charge on any atom is -0.493 e. The average molecular weight is 482 g/mol. The van der Waals surface area contributed by atoms with Gasteiger partial charge in [0.25, 0.3) is 5.56 Å². The zero-order chi connectivity index (χ0) is 23.4. The number of hydrogen-bond acceptors (Lipinski definition) is 6. The van der Waals surface area contributed by atoms with Gasteiger partial charge in [0, 0.05) is 23.1 Å². The Kier molecular flexibility index (Phi) is 6.92. The van der Waals surface area contributed by atoms with Crippen molar-refractivity contribution in [3.05, 3.63) is 74.5 Å². The second-order valence-electron chi connectivity index (χ2n) is 7.26. The van der Waals surface area contributed by atoms with Gasteiger partial charge in [-0.15, -0.1) is 6.42 Å². The lowest BCUT2D eigenvalue weighted by Gasteiger charge is -2.25. The summed E-state index contributed by atoms with van der Waals surface area (Å²) in [6.07, 6.45) is 5.37. The van der Waals surface area contributed by atoms with E-state index in [0.29, 0.717) is 33.0 Å². The van der Waals surface area contributed by atoms with E-state index in [9.17, 15) is 9.59 Å². The molecule has 1 unspecified atom stereocenters. The standard InChI is InChI=1S/C24H20ClN3O4S/c1-3-9-32-18-8-7-15(11-19(18)31-2)17-12-20(29)26-22-21(17)23(30)28-24(27-22)33-13-14-5-4-6-16(25)10-14/h1,4-8,10-11,17H,9,12-13H2,2H3,(H2,26,27,28,29,30). The Labute approximate surface area is 199 Å². The Bertz CT molecular complexity index is 1300. The SMILES string of the molecule is C#CCOc1ccc(C2CC(=O)Nc3nc(SCc4cccc(Cl)c4)[nH]c(=O)c32)cc1OC. The van der Waals surface area contributed by atoms with Crippen LogP contribution in [0.15, 0.2) is 52.4 Å². The molecular weight excluding hydrogens is 462 g/mol. The molecule has 1 aliphatic rings. The van der Waals surface area contributed by atoms with Crippen LogP contribution in [0.4, 0.5) is 5.82 Å². The first-order chi connectivity index (χ1) is 16.0. The van der Waals surface area contributed by atoms with Gasteiger partial charge in [-0.1, -0.05) is 47.5 Å². The van der Waals surface area contributed by atoms with Crippen LogP contribution in [0.5, 0.6) is 11.5 Å². The first kappa shape index (κ1) is 22.8. The summed E-state index contributed by atoms with van der Waals surface area (Å²) >= 11 is 7.39. The molecule has 2 heterocycles. The number of ether oxygens (including phenoxy) is 2. The molecular formula is C24H20ClN3O4S. The molecule has 1 amide bonds. The number of H-pyrrole nitrogens is 1. The number of aromatic amines is 1. The number of thioether (sulfide) groups is 1. The number of anilines is 1. The van der Waals surface area contributed by atoms with Crippen molar-refractivity contribution in [2.75, 3.05) is 19.0 Å². The zero-order valence-corrected chi connectivity index (χ0v) is 19.3. The number of fused-ring (bicyclic) bond motifs is 1. The van der Waals surface area contributed by atoms with Crippen molar-refractivity contribution in [3.8, 4) is 23.8 Å². The number of benzene rings is 2. The molecule has 9 heteroatoms. The summed E-state index contributed by atoms with van der Waals surface area (Å²) < 4.78 is 10.9. The van der Waals surface area contributed by atoms with Gasteiger partial charge in [-0.25, -0.2) is 4.98 Å². The van der Waals surface area contributed by atoms with Crippen LogP contribution in [-0.2, 0) is 10.5 Å².